The third-order valence-electron chi connectivity index (χ3n) is 8.85. The van der Waals surface area contributed by atoms with Gasteiger partial charge in [-0.25, -0.2) is 9.97 Å². The van der Waals surface area contributed by atoms with Crippen LogP contribution in [0.3, 0.4) is 0 Å². The lowest BCUT2D eigenvalue weighted by atomic mass is 10.0. The Hall–Kier alpha value is -5.78. The molecule has 0 amide bonds. The van der Waals surface area contributed by atoms with Crippen molar-refractivity contribution in [1.29, 1.82) is 0 Å². The molecular formula is C40H23N3OS. The van der Waals surface area contributed by atoms with Gasteiger partial charge in [0.25, 0.3) is 0 Å². The standard InChI is InChI=1S/C40H23N3OS/c1-2-10-24(11-3-1)25-18-20-26(21-19-25)36-39-37(29-13-5-8-16-32(29)44-39)42-40(41-36)43-31-15-7-4-12-27(31)28-22-23-34-35(38(28)43)30-14-6-9-17-33(30)45-34/h1-23H. The van der Waals surface area contributed by atoms with Gasteiger partial charge in [-0.2, -0.15) is 0 Å². The average molecular weight is 594 g/mol. The number of benzene rings is 6. The minimum absolute atomic E-state index is 0.630. The minimum atomic E-state index is 0.630. The third kappa shape index (κ3) is 3.59. The molecule has 0 saturated carbocycles. The van der Waals surface area contributed by atoms with E-state index in [9.17, 15) is 0 Å². The topological polar surface area (TPSA) is 43.9 Å². The van der Waals surface area contributed by atoms with Gasteiger partial charge >= 0.3 is 0 Å². The van der Waals surface area contributed by atoms with E-state index in [0.717, 1.165) is 44.3 Å². The van der Waals surface area contributed by atoms with E-state index < -0.39 is 0 Å². The van der Waals surface area contributed by atoms with Crippen LogP contribution in [0.4, 0.5) is 0 Å². The molecule has 0 spiro atoms. The van der Waals surface area contributed by atoms with Crippen molar-refractivity contribution in [2.75, 3.05) is 0 Å². The molecule has 0 bridgehead atoms. The van der Waals surface area contributed by atoms with E-state index >= 15 is 0 Å². The average Bonchev–Trinajstić information content (AvgIpc) is 3.78. The Kier molecular flexibility index (Phi) is 5.12. The largest absolute Gasteiger partial charge is 0.452 e. The third-order valence-corrected chi connectivity index (χ3v) is 9.98. The summed E-state index contributed by atoms with van der Waals surface area (Å²) in [6, 6.07) is 48.9. The summed E-state index contributed by atoms with van der Waals surface area (Å²) in [6.07, 6.45) is 0. The first-order chi connectivity index (χ1) is 22.3. The molecule has 4 aromatic heterocycles. The van der Waals surface area contributed by atoms with Crippen LogP contribution in [0, 0.1) is 0 Å². The van der Waals surface area contributed by atoms with Crippen molar-refractivity contribution in [2.24, 2.45) is 0 Å². The second-order valence-corrected chi connectivity index (χ2v) is 12.5. The number of rotatable bonds is 3. The van der Waals surface area contributed by atoms with Crippen LogP contribution in [0.2, 0.25) is 0 Å². The van der Waals surface area contributed by atoms with Crippen molar-refractivity contribution in [3.63, 3.8) is 0 Å². The van der Waals surface area contributed by atoms with Crippen LogP contribution in [0.5, 0.6) is 0 Å². The predicted octanol–water partition coefficient (Wildman–Crippen LogP) is 11.2. The first-order valence-corrected chi connectivity index (χ1v) is 15.8. The molecule has 6 aromatic carbocycles. The summed E-state index contributed by atoms with van der Waals surface area (Å²) in [5.74, 6) is 0.630. The summed E-state index contributed by atoms with van der Waals surface area (Å²) in [5.41, 5.74) is 8.60. The van der Waals surface area contributed by atoms with Gasteiger partial charge in [0.2, 0.25) is 5.95 Å². The Morgan fingerprint density at radius 1 is 0.511 bits per heavy atom. The number of furan rings is 1. The number of hydrogen-bond donors (Lipinski definition) is 0. The monoisotopic (exact) mass is 593 g/mol. The Labute approximate surface area is 261 Å². The summed E-state index contributed by atoms with van der Waals surface area (Å²) in [5, 5.41) is 5.83. The zero-order valence-corrected chi connectivity index (χ0v) is 24.8. The second-order valence-electron chi connectivity index (χ2n) is 11.4. The van der Waals surface area contributed by atoms with Crippen LogP contribution in [-0.4, -0.2) is 14.5 Å². The molecule has 0 saturated heterocycles. The van der Waals surface area contributed by atoms with E-state index in [1.807, 2.05) is 35.6 Å². The van der Waals surface area contributed by atoms with Gasteiger partial charge in [0.1, 0.15) is 16.8 Å². The summed E-state index contributed by atoms with van der Waals surface area (Å²) in [7, 11) is 0. The van der Waals surface area contributed by atoms with Crippen LogP contribution in [0.15, 0.2) is 144 Å². The number of aromatic nitrogens is 3. The molecular weight excluding hydrogens is 571 g/mol. The summed E-state index contributed by atoms with van der Waals surface area (Å²) < 4.78 is 11.3. The molecule has 0 radical (unpaired) electrons. The lowest BCUT2D eigenvalue weighted by Gasteiger charge is -2.11. The molecule has 4 nitrogen and oxygen atoms in total. The highest BCUT2D eigenvalue weighted by molar-refractivity contribution is 7.26. The van der Waals surface area contributed by atoms with Crippen LogP contribution in [0.1, 0.15) is 0 Å². The quantitative estimate of drug-likeness (QED) is 0.205. The van der Waals surface area contributed by atoms with Crippen LogP contribution < -0.4 is 0 Å². The maximum Gasteiger partial charge on any atom is 0.236 e. The smallest absolute Gasteiger partial charge is 0.236 e. The van der Waals surface area contributed by atoms with Gasteiger partial charge in [-0.15, -0.1) is 11.3 Å². The normalized spacial score (nSPS) is 12.0. The van der Waals surface area contributed by atoms with E-state index in [4.69, 9.17) is 14.4 Å². The molecule has 0 aliphatic carbocycles. The molecule has 45 heavy (non-hydrogen) atoms. The zero-order chi connectivity index (χ0) is 29.5. The molecule has 0 aliphatic heterocycles. The second kappa shape index (κ2) is 9.36. The van der Waals surface area contributed by atoms with Crippen molar-refractivity contribution in [3.05, 3.63) is 140 Å². The van der Waals surface area contributed by atoms with E-state index in [2.05, 4.69) is 120 Å². The molecule has 10 rings (SSSR count). The molecule has 0 fully saturated rings. The maximum absolute atomic E-state index is 6.48. The van der Waals surface area contributed by atoms with Crippen LogP contribution in [0.25, 0.3) is 92.4 Å². The highest BCUT2D eigenvalue weighted by Crippen LogP contribution is 2.43. The van der Waals surface area contributed by atoms with E-state index in [-0.39, 0.29) is 0 Å². The Morgan fingerprint density at radius 3 is 2.07 bits per heavy atom. The first-order valence-electron chi connectivity index (χ1n) is 15.0. The molecule has 0 unspecified atom stereocenters. The number of thiophene rings is 1. The van der Waals surface area contributed by atoms with Crippen molar-refractivity contribution in [2.45, 2.75) is 0 Å². The van der Waals surface area contributed by atoms with Crippen molar-refractivity contribution in [1.82, 2.24) is 14.5 Å². The fourth-order valence-corrected chi connectivity index (χ4v) is 7.91. The molecule has 5 heteroatoms. The lowest BCUT2D eigenvalue weighted by molar-refractivity contribution is 0.666. The van der Waals surface area contributed by atoms with Crippen molar-refractivity contribution < 1.29 is 4.42 Å². The van der Waals surface area contributed by atoms with Gasteiger partial charge in [0, 0.05) is 41.9 Å². The predicted molar refractivity (Wildman–Crippen MR) is 187 cm³/mol. The van der Waals surface area contributed by atoms with Gasteiger partial charge in [0.15, 0.2) is 5.58 Å². The van der Waals surface area contributed by atoms with Crippen molar-refractivity contribution in [3.8, 4) is 28.3 Å². The summed E-state index contributed by atoms with van der Waals surface area (Å²) >= 11 is 1.83. The molecule has 210 valence electrons. The number of para-hydroxylation sites is 2. The van der Waals surface area contributed by atoms with E-state index in [1.165, 1.54) is 36.5 Å². The number of nitrogens with zero attached hydrogens (tertiary/aromatic N) is 3. The molecule has 4 heterocycles. The van der Waals surface area contributed by atoms with Crippen molar-refractivity contribution >= 4 is 75.4 Å². The van der Waals surface area contributed by atoms with E-state index in [0.29, 0.717) is 11.5 Å². The molecule has 10 aromatic rings. The Bertz CT molecular complexity index is 2750. The minimum Gasteiger partial charge on any atom is -0.452 e. The number of fused-ring (bicyclic) bond motifs is 10. The molecule has 0 atom stereocenters. The van der Waals surface area contributed by atoms with Crippen LogP contribution >= 0.6 is 11.3 Å². The van der Waals surface area contributed by atoms with Gasteiger partial charge in [-0.1, -0.05) is 109 Å². The summed E-state index contributed by atoms with van der Waals surface area (Å²) in [6.45, 7) is 0. The highest BCUT2D eigenvalue weighted by Gasteiger charge is 2.23. The van der Waals surface area contributed by atoms with Gasteiger partial charge in [-0.3, -0.25) is 4.57 Å². The fraction of sp³-hybridized carbons (Fsp3) is 0. The number of hydrogen-bond acceptors (Lipinski definition) is 4. The van der Waals surface area contributed by atoms with E-state index in [1.54, 1.807) is 0 Å². The van der Waals surface area contributed by atoms with Crippen LogP contribution in [-0.2, 0) is 0 Å². The summed E-state index contributed by atoms with van der Waals surface area (Å²) in [4.78, 5) is 10.6. The molecule has 0 aliphatic rings. The van der Waals surface area contributed by atoms with Gasteiger partial charge < -0.3 is 4.42 Å². The Morgan fingerprint density at radius 2 is 1.20 bits per heavy atom. The lowest BCUT2D eigenvalue weighted by Crippen LogP contribution is -2.03. The van der Waals surface area contributed by atoms with Gasteiger partial charge in [0.05, 0.1) is 11.0 Å². The fourth-order valence-electron chi connectivity index (χ4n) is 6.80. The SMILES string of the molecule is c1ccc(-c2ccc(-c3nc(-n4c5ccccc5c5ccc6sc7ccccc7c6c54)nc4c3oc3ccccc34)cc2)cc1. The zero-order valence-electron chi connectivity index (χ0n) is 23.9. The maximum atomic E-state index is 6.48. The highest BCUT2D eigenvalue weighted by atomic mass is 32.1. The Balaban J connectivity index is 1.32. The van der Waals surface area contributed by atoms with Gasteiger partial charge in [-0.05, 0) is 41.5 Å². The molecule has 0 N–H and O–H groups in total. The first kappa shape index (κ1) is 24.6.